The van der Waals surface area contributed by atoms with Crippen molar-refractivity contribution in [1.82, 2.24) is 9.78 Å². The molecule has 1 aromatic heterocycles. The third kappa shape index (κ3) is 2.64. The minimum Gasteiger partial charge on any atom is -0.478 e. The molecule has 0 fully saturated rings. The van der Waals surface area contributed by atoms with Gasteiger partial charge in [-0.15, -0.1) is 0 Å². The quantitative estimate of drug-likeness (QED) is 0.743. The van der Waals surface area contributed by atoms with E-state index in [-0.39, 0.29) is 5.56 Å². The number of benzene rings is 2. The zero-order valence-corrected chi connectivity index (χ0v) is 13.7. The van der Waals surface area contributed by atoms with Crippen LogP contribution in [0.15, 0.2) is 42.5 Å². The van der Waals surface area contributed by atoms with E-state index in [1.54, 1.807) is 22.9 Å². The van der Waals surface area contributed by atoms with Crippen molar-refractivity contribution in [3.8, 4) is 16.9 Å². The van der Waals surface area contributed by atoms with E-state index in [0.29, 0.717) is 16.3 Å². The van der Waals surface area contributed by atoms with E-state index < -0.39 is 11.8 Å². The SMILES string of the molecule is O=C(O)c1ccc(-n2nc(-c3ccc(F)cc3Cl)c3c2NCC3)cc1. The fourth-order valence-corrected chi connectivity index (χ4v) is 3.26. The molecule has 25 heavy (non-hydrogen) atoms. The molecule has 7 heteroatoms. The van der Waals surface area contributed by atoms with Crippen LogP contribution >= 0.6 is 11.6 Å². The molecule has 0 unspecified atom stereocenters. The number of nitrogens with one attached hydrogen (secondary N) is 1. The molecule has 2 N–H and O–H groups in total. The molecule has 1 aliphatic rings. The molecule has 0 aliphatic carbocycles. The van der Waals surface area contributed by atoms with Crippen LogP contribution in [0.3, 0.4) is 0 Å². The third-order valence-corrected chi connectivity index (χ3v) is 4.51. The number of nitrogens with zero attached hydrogens (tertiary/aromatic N) is 2. The number of hydrogen-bond donors (Lipinski definition) is 2. The maximum atomic E-state index is 13.3. The van der Waals surface area contributed by atoms with Gasteiger partial charge in [-0.25, -0.2) is 13.9 Å². The number of hydrogen-bond acceptors (Lipinski definition) is 3. The van der Waals surface area contributed by atoms with Crippen molar-refractivity contribution in [2.24, 2.45) is 0 Å². The summed E-state index contributed by atoms with van der Waals surface area (Å²) in [5.41, 5.74) is 3.33. The number of carbonyl (C=O) groups is 1. The monoisotopic (exact) mass is 357 g/mol. The van der Waals surface area contributed by atoms with Gasteiger partial charge in [0.05, 0.1) is 22.0 Å². The lowest BCUT2D eigenvalue weighted by Gasteiger charge is -2.07. The van der Waals surface area contributed by atoms with Crippen molar-refractivity contribution >= 4 is 23.4 Å². The number of halogens is 2. The summed E-state index contributed by atoms with van der Waals surface area (Å²) in [5, 5.41) is 17.3. The van der Waals surface area contributed by atoms with Crippen molar-refractivity contribution in [3.05, 3.63) is 64.4 Å². The zero-order chi connectivity index (χ0) is 17.6. The van der Waals surface area contributed by atoms with Gasteiger partial charge in [0.25, 0.3) is 0 Å². The fraction of sp³-hybridized carbons (Fsp3) is 0.111. The molecule has 1 aliphatic heterocycles. The Morgan fingerprint density at radius 3 is 2.68 bits per heavy atom. The summed E-state index contributed by atoms with van der Waals surface area (Å²) in [4.78, 5) is 11.0. The van der Waals surface area contributed by atoms with Crippen LogP contribution in [0.4, 0.5) is 10.2 Å². The van der Waals surface area contributed by atoms with E-state index in [1.807, 2.05) is 0 Å². The second kappa shape index (κ2) is 5.89. The Balaban J connectivity index is 1.84. The van der Waals surface area contributed by atoms with Gasteiger partial charge >= 0.3 is 5.97 Å². The third-order valence-electron chi connectivity index (χ3n) is 4.20. The summed E-state index contributed by atoms with van der Waals surface area (Å²) >= 11 is 6.20. The molecule has 4 rings (SSSR count). The summed E-state index contributed by atoms with van der Waals surface area (Å²) in [5.74, 6) is -0.528. The predicted octanol–water partition coefficient (Wildman–Crippen LogP) is 4.00. The van der Waals surface area contributed by atoms with Crippen LogP contribution in [0.25, 0.3) is 16.9 Å². The highest BCUT2D eigenvalue weighted by Gasteiger charge is 2.25. The molecule has 5 nitrogen and oxygen atoms in total. The number of anilines is 1. The van der Waals surface area contributed by atoms with Gasteiger partial charge in [-0.1, -0.05) is 11.6 Å². The van der Waals surface area contributed by atoms with E-state index >= 15 is 0 Å². The van der Waals surface area contributed by atoms with E-state index in [1.165, 1.54) is 24.3 Å². The number of aromatic carboxylic acids is 1. The number of fused-ring (bicyclic) bond motifs is 1. The van der Waals surface area contributed by atoms with Gasteiger partial charge < -0.3 is 10.4 Å². The topological polar surface area (TPSA) is 67.1 Å². The van der Waals surface area contributed by atoms with Crippen molar-refractivity contribution in [2.75, 3.05) is 11.9 Å². The normalized spacial score (nSPS) is 12.7. The van der Waals surface area contributed by atoms with Gasteiger partial charge in [0.2, 0.25) is 0 Å². The number of aromatic nitrogens is 2. The average Bonchev–Trinajstić information content (AvgIpc) is 3.18. The molecule has 0 radical (unpaired) electrons. The first-order valence-corrected chi connectivity index (χ1v) is 8.07. The van der Waals surface area contributed by atoms with Crippen molar-refractivity contribution in [2.45, 2.75) is 6.42 Å². The summed E-state index contributed by atoms with van der Waals surface area (Å²) in [7, 11) is 0. The van der Waals surface area contributed by atoms with Crippen LogP contribution in [-0.2, 0) is 6.42 Å². The molecular formula is C18H13ClFN3O2. The van der Waals surface area contributed by atoms with Crippen LogP contribution in [-0.4, -0.2) is 27.4 Å². The lowest BCUT2D eigenvalue weighted by molar-refractivity contribution is 0.0697. The average molecular weight is 358 g/mol. The summed E-state index contributed by atoms with van der Waals surface area (Å²) in [6, 6.07) is 10.7. The van der Waals surface area contributed by atoms with Crippen LogP contribution in [0, 0.1) is 5.82 Å². The summed E-state index contributed by atoms with van der Waals surface area (Å²) in [6.45, 7) is 0.770. The Hall–Kier alpha value is -2.86. The second-order valence-electron chi connectivity index (χ2n) is 5.74. The molecule has 0 atom stereocenters. The van der Waals surface area contributed by atoms with E-state index in [2.05, 4.69) is 10.4 Å². The number of rotatable bonds is 3. The standard InChI is InChI=1S/C18H13ClFN3O2/c19-15-9-11(20)3-6-13(15)16-14-7-8-21-17(14)23(22-16)12-4-1-10(2-5-12)18(24)25/h1-6,9,21H,7-8H2,(H,24,25). The Kier molecular flexibility index (Phi) is 3.69. The van der Waals surface area contributed by atoms with Crippen LogP contribution in [0.1, 0.15) is 15.9 Å². The maximum absolute atomic E-state index is 13.3. The predicted molar refractivity (Wildman–Crippen MR) is 93.1 cm³/mol. The molecule has 126 valence electrons. The van der Waals surface area contributed by atoms with Gasteiger partial charge in [0, 0.05) is 17.7 Å². The van der Waals surface area contributed by atoms with Crippen molar-refractivity contribution in [1.29, 1.82) is 0 Å². The zero-order valence-electron chi connectivity index (χ0n) is 13.0. The van der Waals surface area contributed by atoms with Crippen LogP contribution in [0.5, 0.6) is 0 Å². The Morgan fingerprint density at radius 2 is 2.00 bits per heavy atom. The van der Waals surface area contributed by atoms with E-state index in [9.17, 15) is 9.18 Å². The van der Waals surface area contributed by atoms with Gasteiger partial charge in [-0.05, 0) is 48.9 Å². The lowest BCUT2D eigenvalue weighted by atomic mass is 10.1. The first-order valence-electron chi connectivity index (χ1n) is 7.69. The van der Waals surface area contributed by atoms with E-state index in [4.69, 9.17) is 16.7 Å². The molecule has 2 aromatic carbocycles. The molecule has 2 heterocycles. The fourth-order valence-electron chi connectivity index (χ4n) is 3.00. The molecule has 0 bridgehead atoms. The van der Waals surface area contributed by atoms with Gasteiger partial charge in [0.15, 0.2) is 0 Å². The molecule has 0 amide bonds. The highest BCUT2D eigenvalue weighted by atomic mass is 35.5. The summed E-state index contributed by atoms with van der Waals surface area (Å²) < 4.78 is 15.1. The largest absolute Gasteiger partial charge is 0.478 e. The van der Waals surface area contributed by atoms with Gasteiger partial charge in [-0.2, -0.15) is 5.10 Å². The molecule has 0 spiro atoms. The van der Waals surface area contributed by atoms with Crippen LogP contribution < -0.4 is 5.32 Å². The van der Waals surface area contributed by atoms with Crippen molar-refractivity contribution in [3.63, 3.8) is 0 Å². The number of carboxylic acid groups (broad SMARTS) is 1. The van der Waals surface area contributed by atoms with E-state index in [0.717, 1.165) is 30.0 Å². The minimum atomic E-state index is -0.978. The van der Waals surface area contributed by atoms with Crippen molar-refractivity contribution < 1.29 is 14.3 Å². The van der Waals surface area contributed by atoms with Gasteiger partial charge in [0.1, 0.15) is 11.6 Å². The first-order chi connectivity index (χ1) is 12.0. The van der Waals surface area contributed by atoms with Crippen LogP contribution in [0.2, 0.25) is 5.02 Å². The highest BCUT2D eigenvalue weighted by molar-refractivity contribution is 6.33. The smallest absolute Gasteiger partial charge is 0.335 e. The lowest BCUT2D eigenvalue weighted by Crippen LogP contribution is -2.05. The summed E-state index contributed by atoms with van der Waals surface area (Å²) in [6.07, 6.45) is 0.783. The minimum absolute atomic E-state index is 0.210. The number of carboxylic acids is 1. The molecule has 0 saturated heterocycles. The Bertz CT molecular complexity index is 983. The van der Waals surface area contributed by atoms with Gasteiger partial charge in [-0.3, -0.25) is 0 Å². The Morgan fingerprint density at radius 1 is 1.24 bits per heavy atom. The molecule has 3 aromatic rings. The highest BCUT2D eigenvalue weighted by Crippen LogP contribution is 2.37. The first kappa shape index (κ1) is 15.7. The Labute approximate surface area is 147 Å². The molecule has 0 saturated carbocycles. The second-order valence-corrected chi connectivity index (χ2v) is 6.15. The molecular weight excluding hydrogens is 345 g/mol. The maximum Gasteiger partial charge on any atom is 0.335 e.